The van der Waals surface area contributed by atoms with E-state index in [0.29, 0.717) is 0 Å². The fourth-order valence-corrected chi connectivity index (χ4v) is 4.34. The summed E-state index contributed by atoms with van der Waals surface area (Å²) in [6.07, 6.45) is -0.500. The van der Waals surface area contributed by atoms with Crippen molar-refractivity contribution in [2.24, 2.45) is 0 Å². The molecule has 0 spiro atoms. The topological polar surface area (TPSA) is 68.2 Å². The molecular formula is C22H23F2NO5. The van der Waals surface area contributed by atoms with Crippen molar-refractivity contribution >= 4 is 6.09 Å². The molecule has 2 aromatic carbocycles. The van der Waals surface area contributed by atoms with E-state index in [9.17, 15) is 18.7 Å². The van der Waals surface area contributed by atoms with Crippen LogP contribution in [-0.4, -0.2) is 48.5 Å². The van der Waals surface area contributed by atoms with Crippen molar-refractivity contribution in [1.82, 2.24) is 4.90 Å². The van der Waals surface area contributed by atoms with E-state index in [4.69, 9.17) is 14.2 Å². The highest BCUT2D eigenvalue weighted by molar-refractivity contribution is 5.69. The molecule has 2 aliphatic rings. The molecule has 2 saturated heterocycles. The highest BCUT2D eigenvalue weighted by Gasteiger charge is 2.50. The normalized spacial score (nSPS) is 25.7. The summed E-state index contributed by atoms with van der Waals surface area (Å²) in [6, 6.07) is 10.9. The van der Waals surface area contributed by atoms with Gasteiger partial charge in [-0.25, -0.2) is 9.18 Å². The molecule has 2 atom stereocenters. The van der Waals surface area contributed by atoms with Crippen LogP contribution in [0.4, 0.5) is 13.6 Å². The van der Waals surface area contributed by atoms with Crippen molar-refractivity contribution < 1.29 is 32.9 Å². The Labute approximate surface area is 173 Å². The van der Waals surface area contributed by atoms with Crippen molar-refractivity contribution in [3.8, 4) is 5.75 Å². The zero-order valence-corrected chi connectivity index (χ0v) is 16.5. The summed E-state index contributed by atoms with van der Waals surface area (Å²) >= 11 is 0. The molecule has 0 aliphatic carbocycles. The Hall–Kier alpha value is -2.71. The summed E-state index contributed by atoms with van der Waals surface area (Å²) in [5.41, 5.74) is -0.918. The fraction of sp³-hybridized carbons (Fsp3) is 0.409. The van der Waals surface area contributed by atoms with Crippen LogP contribution in [0.1, 0.15) is 24.0 Å². The quantitative estimate of drug-likeness (QED) is 0.823. The number of carbonyl (C=O) groups excluding carboxylic acids is 1. The van der Waals surface area contributed by atoms with E-state index in [1.54, 1.807) is 4.90 Å². The van der Waals surface area contributed by atoms with Gasteiger partial charge in [0.25, 0.3) is 0 Å². The predicted molar refractivity (Wildman–Crippen MR) is 103 cm³/mol. The minimum Gasteiger partial charge on any atom is -0.494 e. The van der Waals surface area contributed by atoms with Crippen molar-refractivity contribution in [2.45, 2.75) is 37.1 Å². The average Bonchev–Trinajstić information content (AvgIpc) is 2.74. The number of morpholine rings is 1. The van der Waals surface area contributed by atoms with E-state index in [-0.39, 0.29) is 44.0 Å². The smallest absolute Gasteiger partial charge is 0.410 e. The second-order valence-electron chi connectivity index (χ2n) is 7.68. The Kier molecular flexibility index (Phi) is 5.62. The molecular weight excluding hydrogens is 396 g/mol. The van der Waals surface area contributed by atoms with Crippen molar-refractivity contribution in [2.75, 3.05) is 20.3 Å². The number of amides is 1. The minimum atomic E-state index is -1.63. The molecule has 30 heavy (non-hydrogen) atoms. The van der Waals surface area contributed by atoms with E-state index < -0.39 is 35.4 Å². The first kappa shape index (κ1) is 20.6. The van der Waals surface area contributed by atoms with Gasteiger partial charge in [0, 0.05) is 18.4 Å². The van der Waals surface area contributed by atoms with Crippen molar-refractivity contribution in [3.05, 3.63) is 65.2 Å². The maximum atomic E-state index is 14.7. The highest BCUT2D eigenvalue weighted by atomic mass is 19.2. The van der Waals surface area contributed by atoms with E-state index in [1.807, 2.05) is 30.3 Å². The SMILES string of the molecule is COc1ccc(C2(O)CC3COCC(C2)N3C(=O)OCc2ccccc2)c(F)c1F. The predicted octanol–water partition coefficient (Wildman–Crippen LogP) is 3.36. The number of benzene rings is 2. The molecule has 2 bridgehead atoms. The molecule has 1 N–H and O–H groups in total. The van der Waals surface area contributed by atoms with E-state index in [2.05, 4.69) is 0 Å². The number of rotatable bonds is 4. The number of ether oxygens (including phenoxy) is 3. The zero-order valence-electron chi connectivity index (χ0n) is 16.5. The third-order valence-corrected chi connectivity index (χ3v) is 5.74. The molecule has 0 saturated carbocycles. The molecule has 160 valence electrons. The van der Waals surface area contributed by atoms with Crippen LogP contribution in [-0.2, 0) is 21.7 Å². The molecule has 2 heterocycles. The monoisotopic (exact) mass is 419 g/mol. The van der Waals surface area contributed by atoms with Crippen molar-refractivity contribution in [1.29, 1.82) is 0 Å². The van der Waals surface area contributed by atoms with Gasteiger partial charge in [-0.2, -0.15) is 4.39 Å². The first-order valence-electron chi connectivity index (χ1n) is 9.74. The van der Waals surface area contributed by atoms with Gasteiger partial charge in [-0.15, -0.1) is 0 Å². The molecule has 2 aliphatic heterocycles. The van der Waals surface area contributed by atoms with Crippen LogP contribution in [0.25, 0.3) is 0 Å². The summed E-state index contributed by atoms with van der Waals surface area (Å²) < 4.78 is 44.7. The van der Waals surface area contributed by atoms with Crippen LogP contribution in [0.2, 0.25) is 0 Å². The van der Waals surface area contributed by atoms with Gasteiger partial charge < -0.3 is 19.3 Å². The lowest BCUT2D eigenvalue weighted by Gasteiger charge is -2.51. The molecule has 0 radical (unpaired) electrons. The molecule has 0 aromatic heterocycles. The maximum Gasteiger partial charge on any atom is 0.410 e. The second kappa shape index (κ2) is 8.20. The van der Waals surface area contributed by atoms with Gasteiger partial charge in [-0.3, -0.25) is 4.90 Å². The van der Waals surface area contributed by atoms with Crippen molar-refractivity contribution in [3.63, 3.8) is 0 Å². The second-order valence-corrected chi connectivity index (χ2v) is 7.68. The highest BCUT2D eigenvalue weighted by Crippen LogP contribution is 2.43. The lowest BCUT2D eigenvalue weighted by Crippen LogP contribution is -2.62. The first-order valence-corrected chi connectivity index (χ1v) is 9.74. The van der Waals surface area contributed by atoms with Gasteiger partial charge in [0.15, 0.2) is 11.6 Å². The van der Waals surface area contributed by atoms with E-state index >= 15 is 0 Å². The molecule has 4 rings (SSSR count). The van der Waals surface area contributed by atoms with Crippen LogP contribution >= 0.6 is 0 Å². The lowest BCUT2D eigenvalue weighted by atomic mass is 9.76. The number of hydrogen-bond acceptors (Lipinski definition) is 5. The van der Waals surface area contributed by atoms with Gasteiger partial charge in [-0.1, -0.05) is 30.3 Å². The summed E-state index contributed by atoms with van der Waals surface area (Å²) in [5.74, 6) is -2.52. The van der Waals surface area contributed by atoms with Gasteiger partial charge in [-0.05, 0) is 17.7 Å². The number of carbonyl (C=O) groups is 1. The number of nitrogens with zero attached hydrogens (tertiary/aromatic N) is 1. The Balaban J connectivity index is 1.53. The first-order chi connectivity index (χ1) is 14.4. The van der Waals surface area contributed by atoms with Gasteiger partial charge >= 0.3 is 6.09 Å². The number of aliphatic hydroxyl groups is 1. The Morgan fingerprint density at radius 3 is 2.43 bits per heavy atom. The molecule has 8 heteroatoms. The molecule has 2 aromatic rings. The number of hydrogen-bond donors (Lipinski definition) is 1. The van der Waals surface area contributed by atoms with Crippen LogP contribution < -0.4 is 4.74 Å². The number of methoxy groups -OCH3 is 1. The number of fused-ring (bicyclic) bond motifs is 2. The van der Waals surface area contributed by atoms with Crippen LogP contribution in [0, 0.1) is 11.6 Å². The molecule has 1 amide bonds. The van der Waals surface area contributed by atoms with Gasteiger partial charge in [0.2, 0.25) is 5.82 Å². The Morgan fingerprint density at radius 2 is 1.80 bits per heavy atom. The van der Waals surface area contributed by atoms with E-state index in [0.717, 1.165) is 5.56 Å². The maximum absolute atomic E-state index is 14.7. The van der Waals surface area contributed by atoms with E-state index in [1.165, 1.54) is 19.2 Å². The molecule has 2 fully saturated rings. The minimum absolute atomic E-state index is 0.00657. The standard InChI is InChI=1S/C22H23F2NO5/c1-28-18-8-7-17(19(23)20(18)24)22(27)9-15-12-29-13-16(10-22)25(15)21(26)30-11-14-5-3-2-4-6-14/h2-8,15-16,27H,9-13H2,1H3. The molecule has 6 nitrogen and oxygen atoms in total. The Morgan fingerprint density at radius 1 is 1.13 bits per heavy atom. The van der Waals surface area contributed by atoms with Crippen LogP contribution in [0.3, 0.4) is 0 Å². The largest absolute Gasteiger partial charge is 0.494 e. The third-order valence-electron chi connectivity index (χ3n) is 5.74. The summed E-state index contributed by atoms with van der Waals surface area (Å²) in [7, 11) is 1.24. The zero-order chi connectivity index (χ0) is 21.3. The van der Waals surface area contributed by atoms with Crippen LogP contribution in [0.15, 0.2) is 42.5 Å². The Bertz CT molecular complexity index is 909. The van der Waals surface area contributed by atoms with Gasteiger partial charge in [0.05, 0.1) is 38.0 Å². The lowest BCUT2D eigenvalue weighted by molar-refractivity contribution is -0.138. The number of halogens is 2. The average molecular weight is 419 g/mol. The summed E-state index contributed by atoms with van der Waals surface area (Å²) in [5, 5.41) is 11.2. The molecule has 2 unspecified atom stereocenters. The van der Waals surface area contributed by atoms with Gasteiger partial charge in [0.1, 0.15) is 6.61 Å². The fourth-order valence-electron chi connectivity index (χ4n) is 4.34. The number of piperidine rings is 1. The van der Waals surface area contributed by atoms with Crippen LogP contribution in [0.5, 0.6) is 5.75 Å². The summed E-state index contributed by atoms with van der Waals surface area (Å²) in [4.78, 5) is 14.3. The summed E-state index contributed by atoms with van der Waals surface area (Å²) in [6.45, 7) is 0.484. The third kappa shape index (κ3) is 3.73.